The molecule has 0 aromatic heterocycles. The van der Waals surface area contributed by atoms with E-state index in [0.29, 0.717) is 12.5 Å². The predicted octanol–water partition coefficient (Wildman–Crippen LogP) is 1.66. The molecule has 0 aromatic rings. The molecule has 124 valence electrons. The average molecular weight is 310 g/mol. The van der Waals surface area contributed by atoms with E-state index < -0.39 is 0 Å². The maximum Gasteiger partial charge on any atom is 0.302 e. The van der Waals surface area contributed by atoms with Crippen LogP contribution in [0.3, 0.4) is 0 Å². The van der Waals surface area contributed by atoms with Crippen LogP contribution < -0.4 is 0 Å². The molecule has 0 aromatic carbocycles. The first-order valence-electron chi connectivity index (χ1n) is 8.45. The molecule has 0 radical (unpaired) electrons. The molecule has 0 amide bonds. The van der Waals surface area contributed by atoms with Gasteiger partial charge in [-0.1, -0.05) is 13.8 Å². The highest BCUT2D eigenvalue weighted by molar-refractivity contribution is 5.66. The summed E-state index contributed by atoms with van der Waals surface area (Å²) in [7, 11) is 0. The summed E-state index contributed by atoms with van der Waals surface area (Å²) in [6.45, 7) is 6.93. The third-order valence-electron chi connectivity index (χ3n) is 7.34. The quantitative estimate of drug-likeness (QED) is 0.620. The van der Waals surface area contributed by atoms with Crippen LogP contribution in [0.4, 0.5) is 0 Å². The smallest absolute Gasteiger partial charge is 0.302 e. The molecule has 7 atom stereocenters. The second-order valence-electron chi connectivity index (χ2n) is 8.07. The van der Waals surface area contributed by atoms with Crippen molar-refractivity contribution >= 4 is 5.97 Å². The summed E-state index contributed by atoms with van der Waals surface area (Å²) in [5, 5.41) is 9.51. The molecule has 4 rings (SSSR count). The van der Waals surface area contributed by atoms with Crippen molar-refractivity contribution in [1.82, 2.24) is 0 Å². The van der Waals surface area contributed by atoms with Crippen molar-refractivity contribution in [1.29, 1.82) is 0 Å². The molecule has 1 N–H and O–H groups in total. The maximum atomic E-state index is 11.6. The second kappa shape index (κ2) is 4.46. The summed E-state index contributed by atoms with van der Waals surface area (Å²) in [5.41, 5.74) is -0.563. The van der Waals surface area contributed by atoms with Crippen molar-refractivity contribution in [2.75, 3.05) is 13.2 Å². The van der Waals surface area contributed by atoms with Gasteiger partial charge in [0.2, 0.25) is 0 Å². The van der Waals surface area contributed by atoms with Gasteiger partial charge in [0.25, 0.3) is 0 Å². The van der Waals surface area contributed by atoms with Crippen LogP contribution in [0.15, 0.2) is 0 Å². The fourth-order valence-corrected chi connectivity index (χ4v) is 5.68. The van der Waals surface area contributed by atoms with Gasteiger partial charge in [-0.05, 0) is 25.2 Å². The van der Waals surface area contributed by atoms with Crippen LogP contribution >= 0.6 is 0 Å². The van der Waals surface area contributed by atoms with E-state index in [1.54, 1.807) is 0 Å². The zero-order valence-corrected chi connectivity index (χ0v) is 13.6. The molecule has 4 fully saturated rings. The van der Waals surface area contributed by atoms with Gasteiger partial charge in [-0.2, -0.15) is 0 Å². The van der Waals surface area contributed by atoms with Gasteiger partial charge in [0.05, 0.1) is 18.8 Å². The lowest BCUT2D eigenvalue weighted by Crippen LogP contribution is -2.65. The number of esters is 1. The predicted molar refractivity (Wildman–Crippen MR) is 78.2 cm³/mol. The van der Waals surface area contributed by atoms with Crippen LogP contribution in [0.1, 0.15) is 46.5 Å². The van der Waals surface area contributed by atoms with E-state index in [1.165, 1.54) is 6.92 Å². The average Bonchev–Trinajstić information content (AvgIpc) is 3.23. The molecule has 22 heavy (non-hydrogen) atoms. The number of aliphatic hydroxyl groups is 1. The maximum absolute atomic E-state index is 11.6. The molecule has 2 bridgehead atoms. The first-order chi connectivity index (χ1) is 10.4. The van der Waals surface area contributed by atoms with Crippen molar-refractivity contribution in [3.8, 4) is 0 Å². The van der Waals surface area contributed by atoms with E-state index in [9.17, 15) is 9.90 Å². The number of hydrogen-bond acceptors (Lipinski definition) is 5. The molecule has 2 aliphatic heterocycles. The Hall–Kier alpha value is -0.650. The first kappa shape index (κ1) is 14.9. The summed E-state index contributed by atoms with van der Waals surface area (Å²) in [5.74, 6) is 0.0983. The fourth-order valence-electron chi connectivity index (χ4n) is 5.68. The summed E-state index contributed by atoms with van der Waals surface area (Å²) in [4.78, 5) is 11.6. The third kappa shape index (κ3) is 1.57. The van der Waals surface area contributed by atoms with Gasteiger partial charge < -0.3 is 19.3 Å². The van der Waals surface area contributed by atoms with Crippen molar-refractivity contribution in [2.24, 2.45) is 16.7 Å². The highest BCUT2D eigenvalue weighted by Crippen LogP contribution is 2.72. The molecular weight excluding hydrogens is 284 g/mol. The largest absolute Gasteiger partial charge is 0.462 e. The SMILES string of the molecule is CC(=O)O[C@@H]1C[C@H]2O[C@@H]3C[C@@H](CO)CC[C@]3(C)[C@]1(C)[C@]21CO1. The van der Waals surface area contributed by atoms with E-state index in [2.05, 4.69) is 13.8 Å². The number of carbonyl (C=O) groups is 1. The van der Waals surface area contributed by atoms with E-state index in [0.717, 1.165) is 25.7 Å². The topological polar surface area (TPSA) is 68.3 Å². The lowest BCUT2D eigenvalue weighted by molar-refractivity contribution is -0.237. The summed E-state index contributed by atoms with van der Waals surface area (Å²) >= 11 is 0. The molecule has 2 aliphatic carbocycles. The third-order valence-corrected chi connectivity index (χ3v) is 7.34. The lowest BCUT2D eigenvalue weighted by Gasteiger charge is -2.59. The minimum Gasteiger partial charge on any atom is -0.462 e. The van der Waals surface area contributed by atoms with Crippen LogP contribution in [0.5, 0.6) is 0 Å². The summed E-state index contributed by atoms with van der Waals surface area (Å²) in [6, 6.07) is 0. The van der Waals surface area contributed by atoms with E-state index in [1.807, 2.05) is 0 Å². The van der Waals surface area contributed by atoms with Crippen LogP contribution in [-0.2, 0) is 19.0 Å². The number of ether oxygens (including phenoxy) is 3. The van der Waals surface area contributed by atoms with Crippen LogP contribution in [0, 0.1) is 16.7 Å². The normalized spacial score (nSPS) is 55.8. The summed E-state index contributed by atoms with van der Waals surface area (Å²) in [6.07, 6.45) is 3.58. The van der Waals surface area contributed by atoms with Gasteiger partial charge in [0.1, 0.15) is 11.7 Å². The Morgan fingerprint density at radius 2 is 2.05 bits per heavy atom. The van der Waals surface area contributed by atoms with Crippen molar-refractivity contribution < 1.29 is 24.1 Å². The van der Waals surface area contributed by atoms with Gasteiger partial charge >= 0.3 is 5.97 Å². The molecule has 2 heterocycles. The molecule has 2 saturated carbocycles. The molecule has 5 heteroatoms. The number of rotatable bonds is 2. The molecule has 5 nitrogen and oxygen atoms in total. The molecule has 4 aliphatic rings. The molecule has 0 unspecified atom stereocenters. The van der Waals surface area contributed by atoms with Gasteiger partial charge in [0, 0.05) is 30.8 Å². The van der Waals surface area contributed by atoms with Gasteiger partial charge in [-0.3, -0.25) is 4.79 Å². The van der Waals surface area contributed by atoms with Crippen molar-refractivity contribution in [3.63, 3.8) is 0 Å². The molecule has 1 spiro atoms. The Labute approximate surface area is 131 Å². The minimum absolute atomic E-state index is 0.0115. The standard InChI is InChI=1S/C17H26O5/c1-10(19)21-13-7-14-17(9-20-17)16(13,3)15(2)5-4-11(8-18)6-12(15)22-14/h11-14,18H,4-9H2,1-3H3/t11-,12+,13+,14+,15-,16+,17-/m0/s1. The van der Waals surface area contributed by atoms with Gasteiger partial charge in [-0.15, -0.1) is 0 Å². The Balaban J connectivity index is 1.73. The Bertz CT molecular complexity index is 501. The monoisotopic (exact) mass is 310 g/mol. The number of hydrogen-bond donors (Lipinski definition) is 1. The van der Waals surface area contributed by atoms with E-state index in [4.69, 9.17) is 14.2 Å². The minimum atomic E-state index is -0.273. The highest BCUT2D eigenvalue weighted by Gasteiger charge is 2.81. The van der Waals surface area contributed by atoms with Gasteiger partial charge in [0.15, 0.2) is 0 Å². The zero-order valence-electron chi connectivity index (χ0n) is 13.6. The lowest BCUT2D eigenvalue weighted by atomic mass is 9.50. The molecule has 2 saturated heterocycles. The Morgan fingerprint density at radius 1 is 1.32 bits per heavy atom. The zero-order chi connectivity index (χ0) is 15.8. The van der Waals surface area contributed by atoms with Crippen LogP contribution in [0.2, 0.25) is 0 Å². The fraction of sp³-hybridized carbons (Fsp3) is 0.941. The Kier molecular flexibility index (Phi) is 3.02. The number of epoxide rings is 1. The van der Waals surface area contributed by atoms with Gasteiger partial charge in [-0.25, -0.2) is 0 Å². The molecular formula is C17H26O5. The van der Waals surface area contributed by atoms with Crippen molar-refractivity contribution in [2.45, 2.75) is 70.4 Å². The number of aliphatic hydroxyl groups excluding tert-OH is 1. The van der Waals surface area contributed by atoms with Crippen LogP contribution in [0.25, 0.3) is 0 Å². The van der Waals surface area contributed by atoms with Crippen LogP contribution in [-0.4, -0.2) is 48.2 Å². The number of fused-ring (bicyclic) bond motifs is 2. The van der Waals surface area contributed by atoms with Crippen molar-refractivity contribution in [3.05, 3.63) is 0 Å². The highest BCUT2D eigenvalue weighted by atomic mass is 16.6. The van der Waals surface area contributed by atoms with E-state index >= 15 is 0 Å². The first-order valence-corrected chi connectivity index (χ1v) is 8.45. The van der Waals surface area contributed by atoms with E-state index in [-0.39, 0.29) is 47.3 Å². The Morgan fingerprint density at radius 3 is 2.64 bits per heavy atom. The summed E-state index contributed by atoms with van der Waals surface area (Å²) < 4.78 is 18.1. The second-order valence-corrected chi connectivity index (χ2v) is 8.07. The number of carbonyl (C=O) groups excluding carboxylic acids is 1.